The molecule has 0 aliphatic carbocycles. The molecule has 7 heteroatoms. The summed E-state index contributed by atoms with van der Waals surface area (Å²) in [5.74, 6) is -0.0259. The SMILES string of the molecule is CC(O)c1ccnc2sc3c(c12)N=CN(c1ccc(Cl)cc1)CC3=O. The second-order valence-electron chi connectivity index (χ2n) is 5.81. The molecule has 1 N–H and O–H groups in total. The molecule has 25 heavy (non-hydrogen) atoms. The fourth-order valence-corrected chi connectivity index (χ4v) is 4.06. The van der Waals surface area contributed by atoms with Crippen LogP contribution in [-0.2, 0) is 0 Å². The molecule has 1 atom stereocenters. The summed E-state index contributed by atoms with van der Waals surface area (Å²) >= 11 is 7.25. The molecule has 2 aromatic heterocycles. The monoisotopic (exact) mass is 371 g/mol. The van der Waals surface area contributed by atoms with Gasteiger partial charge in [-0.3, -0.25) is 4.79 Å². The summed E-state index contributed by atoms with van der Waals surface area (Å²) in [5.41, 5.74) is 2.16. The normalized spacial score (nSPS) is 15.3. The van der Waals surface area contributed by atoms with Gasteiger partial charge in [-0.05, 0) is 42.8 Å². The van der Waals surface area contributed by atoms with Crippen LogP contribution in [0.25, 0.3) is 10.2 Å². The van der Waals surface area contributed by atoms with Crippen molar-refractivity contribution in [2.75, 3.05) is 11.4 Å². The van der Waals surface area contributed by atoms with Crippen molar-refractivity contribution in [3.05, 3.63) is 52.0 Å². The molecule has 4 rings (SSSR count). The summed E-state index contributed by atoms with van der Waals surface area (Å²) < 4.78 is 0. The van der Waals surface area contributed by atoms with Gasteiger partial charge in [0.1, 0.15) is 9.71 Å². The first kappa shape index (κ1) is 16.2. The number of Topliss-reactive ketones (excluding diaryl/α,β-unsaturated/α-hetero) is 1. The first-order valence-electron chi connectivity index (χ1n) is 7.73. The fourth-order valence-electron chi connectivity index (χ4n) is 2.88. The van der Waals surface area contributed by atoms with Gasteiger partial charge in [0, 0.05) is 22.3 Å². The molecule has 3 heterocycles. The Morgan fingerprint density at radius 1 is 1.28 bits per heavy atom. The largest absolute Gasteiger partial charge is 0.389 e. The highest BCUT2D eigenvalue weighted by Crippen LogP contribution is 2.41. The van der Waals surface area contributed by atoms with Gasteiger partial charge < -0.3 is 10.0 Å². The van der Waals surface area contributed by atoms with Crippen LogP contribution in [0.1, 0.15) is 28.3 Å². The van der Waals surface area contributed by atoms with Crippen molar-refractivity contribution in [2.45, 2.75) is 13.0 Å². The third-order valence-electron chi connectivity index (χ3n) is 4.10. The Balaban J connectivity index is 1.85. The highest BCUT2D eigenvalue weighted by atomic mass is 35.5. The fraction of sp³-hybridized carbons (Fsp3) is 0.167. The number of nitrogens with zero attached hydrogens (tertiary/aromatic N) is 3. The number of rotatable bonds is 2. The third-order valence-corrected chi connectivity index (χ3v) is 5.48. The number of aliphatic imine (C=N–C) groups is 1. The lowest BCUT2D eigenvalue weighted by Crippen LogP contribution is -2.26. The highest BCUT2D eigenvalue weighted by Gasteiger charge is 2.26. The van der Waals surface area contributed by atoms with Crippen molar-refractivity contribution in [1.29, 1.82) is 0 Å². The number of carbonyl (C=O) groups excluding carboxylic acids is 1. The zero-order valence-corrected chi connectivity index (χ0v) is 14.9. The minimum atomic E-state index is -0.662. The Morgan fingerprint density at radius 3 is 2.76 bits per heavy atom. The molecule has 0 radical (unpaired) electrons. The number of thiophene rings is 1. The van der Waals surface area contributed by atoms with Crippen LogP contribution >= 0.6 is 22.9 Å². The summed E-state index contributed by atoms with van der Waals surface area (Å²) in [4.78, 5) is 24.7. The van der Waals surface area contributed by atoms with E-state index in [-0.39, 0.29) is 12.3 Å². The van der Waals surface area contributed by atoms with Gasteiger partial charge in [0.15, 0.2) is 5.78 Å². The second-order valence-corrected chi connectivity index (χ2v) is 7.24. The van der Waals surface area contributed by atoms with Crippen molar-refractivity contribution in [2.24, 2.45) is 4.99 Å². The molecule has 0 saturated heterocycles. The van der Waals surface area contributed by atoms with Crippen molar-refractivity contribution in [1.82, 2.24) is 4.98 Å². The number of benzene rings is 1. The Labute approximate surface area is 153 Å². The zero-order chi connectivity index (χ0) is 17.6. The number of aliphatic hydroxyl groups is 1. The van der Waals surface area contributed by atoms with Gasteiger partial charge in [-0.1, -0.05) is 11.6 Å². The predicted octanol–water partition coefficient (Wildman–Crippen LogP) is 4.37. The maximum absolute atomic E-state index is 12.8. The van der Waals surface area contributed by atoms with Crippen LogP contribution in [0.3, 0.4) is 0 Å². The molecule has 1 aliphatic heterocycles. The van der Waals surface area contributed by atoms with Gasteiger partial charge in [-0.2, -0.15) is 0 Å². The summed E-state index contributed by atoms with van der Waals surface area (Å²) in [7, 11) is 0. The number of hydrogen-bond donors (Lipinski definition) is 1. The van der Waals surface area contributed by atoms with Crippen LogP contribution in [0.5, 0.6) is 0 Å². The van der Waals surface area contributed by atoms with Crippen LogP contribution in [0.15, 0.2) is 41.5 Å². The van der Waals surface area contributed by atoms with Crippen molar-refractivity contribution >= 4 is 56.7 Å². The lowest BCUT2D eigenvalue weighted by Gasteiger charge is -2.16. The predicted molar refractivity (Wildman–Crippen MR) is 102 cm³/mol. The third kappa shape index (κ3) is 2.82. The van der Waals surface area contributed by atoms with E-state index in [1.165, 1.54) is 11.3 Å². The molecule has 0 fully saturated rings. The van der Waals surface area contributed by atoms with Crippen LogP contribution in [0.4, 0.5) is 11.4 Å². The van der Waals surface area contributed by atoms with Gasteiger partial charge in [-0.25, -0.2) is 9.98 Å². The van der Waals surface area contributed by atoms with Crippen LogP contribution < -0.4 is 4.90 Å². The van der Waals surface area contributed by atoms with E-state index in [9.17, 15) is 9.90 Å². The Hall–Kier alpha value is -2.28. The first-order valence-corrected chi connectivity index (χ1v) is 8.93. The van der Waals surface area contributed by atoms with Crippen molar-refractivity contribution < 1.29 is 9.90 Å². The number of pyridine rings is 1. The number of aliphatic hydroxyl groups excluding tert-OH is 1. The van der Waals surface area contributed by atoms with E-state index < -0.39 is 6.10 Å². The quantitative estimate of drug-likeness (QED) is 0.726. The Morgan fingerprint density at radius 2 is 2.04 bits per heavy atom. The van der Waals surface area contributed by atoms with E-state index in [2.05, 4.69) is 9.98 Å². The van der Waals surface area contributed by atoms with Crippen molar-refractivity contribution in [3.63, 3.8) is 0 Å². The lowest BCUT2D eigenvalue weighted by molar-refractivity contribution is 0.101. The molecule has 0 spiro atoms. The second kappa shape index (κ2) is 6.22. The molecular formula is C18H14ClN3O2S. The number of aromatic nitrogens is 1. The topological polar surface area (TPSA) is 65.8 Å². The van der Waals surface area contributed by atoms with Gasteiger partial charge in [0.2, 0.25) is 0 Å². The average molecular weight is 372 g/mol. The average Bonchev–Trinajstić information content (AvgIpc) is 2.90. The smallest absolute Gasteiger partial charge is 0.194 e. The molecule has 5 nitrogen and oxygen atoms in total. The van der Waals surface area contributed by atoms with Gasteiger partial charge in [0.25, 0.3) is 0 Å². The van der Waals surface area contributed by atoms with Crippen LogP contribution in [-0.4, -0.2) is 28.8 Å². The maximum atomic E-state index is 12.8. The molecule has 126 valence electrons. The minimum Gasteiger partial charge on any atom is -0.389 e. The Bertz CT molecular complexity index is 995. The summed E-state index contributed by atoms with van der Waals surface area (Å²) in [6.07, 6.45) is 2.64. The summed E-state index contributed by atoms with van der Waals surface area (Å²) in [6.45, 7) is 1.88. The number of fused-ring (bicyclic) bond motifs is 3. The van der Waals surface area contributed by atoms with Gasteiger partial charge in [-0.15, -0.1) is 11.3 Å². The highest BCUT2D eigenvalue weighted by molar-refractivity contribution is 7.21. The van der Waals surface area contributed by atoms with E-state index >= 15 is 0 Å². The van der Waals surface area contributed by atoms with E-state index in [1.54, 1.807) is 42.6 Å². The van der Waals surface area contributed by atoms with E-state index in [4.69, 9.17) is 11.6 Å². The molecule has 3 aromatic rings. The number of ketones is 1. The molecule has 1 aromatic carbocycles. The van der Waals surface area contributed by atoms with E-state index in [0.717, 1.165) is 16.6 Å². The molecule has 0 saturated carbocycles. The zero-order valence-electron chi connectivity index (χ0n) is 13.3. The molecule has 0 amide bonds. The lowest BCUT2D eigenvalue weighted by atomic mass is 10.1. The molecule has 0 bridgehead atoms. The summed E-state index contributed by atoms with van der Waals surface area (Å²) in [5, 5.41) is 11.4. The van der Waals surface area contributed by atoms with Crippen LogP contribution in [0, 0.1) is 0 Å². The minimum absolute atomic E-state index is 0.0259. The number of hydrogen-bond acceptors (Lipinski definition) is 6. The van der Waals surface area contributed by atoms with Crippen LogP contribution in [0.2, 0.25) is 5.02 Å². The maximum Gasteiger partial charge on any atom is 0.194 e. The van der Waals surface area contributed by atoms with Gasteiger partial charge >= 0.3 is 0 Å². The number of halogens is 1. The number of carbonyl (C=O) groups is 1. The standard InChI is InChI=1S/C18H14ClN3O2S/c1-10(23)13-6-7-20-18-15(13)16-17(25-18)14(24)8-22(9-21-16)12-4-2-11(19)3-5-12/h2-7,9-10,23H,8H2,1H3. The Kier molecular flexibility index (Phi) is 4.03. The number of anilines is 1. The van der Waals surface area contributed by atoms with E-state index in [0.29, 0.717) is 20.4 Å². The molecule has 1 aliphatic rings. The first-order chi connectivity index (χ1) is 12.0. The van der Waals surface area contributed by atoms with Crippen molar-refractivity contribution in [3.8, 4) is 0 Å². The molecular weight excluding hydrogens is 358 g/mol. The summed E-state index contributed by atoms with van der Waals surface area (Å²) in [6, 6.07) is 9.02. The van der Waals surface area contributed by atoms with Gasteiger partial charge in [0.05, 0.1) is 24.7 Å². The van der Waals surface area contributed by atoms with E-state index in [1.807, 2.05) is 12.1 Å². The molecule has 1 unspecified atom stereocenters.